The lowest BCUT2D eigenvalue weighted by molar-refractivity contribution is 0.102. The molecule has 0 fully saturated rings. The van der Waals surface area contributed by atoms with E-state index in [1.807, 2.05) is 55.8 Å². The van der Waals surface area contributed by atoms with E-state index < -0.39 is 0 Å². The van der Waals surface area contributed by atoms with Crippen LogP contribution in [0.4, 0.5) is 17.6 Å². The zero-order valence-electron chi connectivity index (χ0n) is 18.1. The Morgan fingerprint density at radius 1 is 1.06 bits per heavy atom. The Bertz CT molecular complexity index is 1250. The second-order valence-electron chi connectivity index (χ2n) is 8.13. The highest BCUT2D eigenvalue weighted by Gasteiger charge is 2.21. The van der Waals surface area contributed by atoms with Crippen LogP contribution in [-0.2, 0) is 13.0 Å². The van der Waals surface area contributed by atoms with Gasteiger partial charge in [-0.25, -0.2) is 0 Å². The molecule has 7 nitrogen and oxygen atoms in total. The highest BCUT2D eigenvalue weighted by Crippen LogP contribution is 2.30. The molecule has 0 bridgehead atoms. The van der Waals surface area contributed by atoms with Crippen LogP contribution in [0.3, 0.4) is 0 Å². The molecule has 1 amide bonds. The minimum atomic E-state index is -0.222. The SMILES string of the molecule is CN1CCCCc2c(NCc3ccccc3)nc(NC(=O)c3cccc4c[nH]cc34)nc21. The summed E-state index contributed by atoms with van der Waals surface area (Å²) in [4.78, 5) is 27.8. The van der Waals surface area contributed by atoms with Gasteiger partial charge in [0.05, 0.1) is 0 Å². The van der Waals surface area contributed by atoms with Crippen molar-refractivity contribution in [3.05, 3.63) is 77.6 Å². The molecule has 2 aromatic heterocycles. The monoisotopic (exact) mass is 426 g/mol. The topological polar surface area (TPSA) is 85.9 Å². The first kappa shape index (κ1) is 20.1. The van der Waals surface area contributed by atoms with Crippen molar-refractivity contribution in [2.24, 2.45) is 0 Å². The Hall–Kier alpha value is -3.87. The van der Waals surface area contributed by atoms with Gasteiger partial charge in [-0.15, -0.1) is 0 Å². The summed E-state index contributed by atoms with van der Waals surface area (Å²) in [6, 6.07) is 15.9. The number of anilines is 3. The number of nitrogens with one attached hydrogen (secondary N) is 3. The van der Waals surface area contributed by atoms with E-state index >= 15 is 0 Å². The average Bonchev–Trinajstić information content (AvgIpc) is 3.22. The first-order valence-corrected chi connectivity index (χ1v) is 11.0. The second kappa shape index (κ2) is 8.70. The number of aromatic amines is 1. The summed E-state index contributed by atoms with van der Waals surface area (Å²) in [5, 5.41) is 8.28. The van der Waals surface area contributed by atoms with E-state index in [-0.39, 0.29) is 5.91 Å². The molecule has 1 aliphatic heterocycles. The standard InChI is InChI=1S/C25H26N6O/c1-31-13-6-5-11-20-22(27-14-17-8-3-2-4-9-17)28-25(29-23(20)31)30-24(32)19-12-7-10-18-15-26-16-21(18)19/h2-4,7-10,12,15-16,26H,5-6,11,13-14H2,1H3,(H2,27,28,29,30,32). The first-order valence-electron chi connectivity index (χ1n) is 11.0. The molecular formula is C25H26N6O. The summed E-state index contributed by atoms with van der Waals surface area (Å²) < 4.78 is 0. The number of carbonyl (C=O) groups excluding carboxylic acids is 1. The smallest absolute Gasteiger partial charge is 0.258 e. The van der Waals surface area contributed by atoms with Crippen molar-refractivity contribution in [3.63, 3.8) is 0 Å². The third kappa shape index (κ3) is 4.01. The molecule has 0 saturated heterocycles. The van der Waals surface area contributed by atoms with Crippen LogP contribution in [0.2, 0.25) is 0 Å². The van der Waals surface area contributed by atoms with Gasteiger partial charge in [0, 0.05) is 49.0 Å². The van der Waals surface area contributed by atoms with Crippen LogP contribution >= 0.6 is 0 Å². The summed E-state index contributed by atoms with van der Waals surface area (Å²) >= 11 is 0. The van der Waals surface area contributed by atoms with Gasteiger partial charge in [-0.2, -0.15) is 9.97 Å². The van der Waals surface area contributed by atoms with Gasteiger partial charge < -0.3 is 15.2 Å². The van der Waals surface area contributed by atoms with Gasteiger partial charge in [0.15, 0.2) is 0 Å². The Labute approximate surface area is 186 Å². The van der Waals surface area contributed by atoms with Crippen molar-refractivity contribution >= 4 is 34.3 Å². The number of aromatic nitrogens is 3. The first-order chi connectivity index (χ1) is 15.7. The summed E-state index contributed by atoms with van der Waals surface area (Å²) in [6.45, 7) is 1.59. The number of hydrogen-bond donors (Lipinski definition) is 3. The predicted octanol–water partition coefficient (Wildman–Crippen LogP) is 4.59. The molecule has 1 aliphatic rings. The Balaban J connectivity index is 1.47. The van der Waals surface area contributed by atoms with Crippen molar-refractivity contribution in [3.8, 4) is 0 Å². The third-order valence-electron chi connectivity index (χ3n) is 5.90. The summed E-state index contributed by atoms with van der Waals surface area (Å²) in [5.41, 5.74) is 2.87. The predicted molar refractivity (Wildman–Crippen MR) is 128 cm³/mol. The number of rotatable bonds is 5. The molecule has 7 heteroatoms. The van der Waals surface area contributed by atoms with Gasteiger partial charge >= 0.3 is 0 Å². The molecule has 2 aromatic carbocycles. The molecule has 0 spiro atoms. The number of carbonyl (C=O) groups is 1. The lowest BCUT2D eigenvalue weighted by Crippen LogP contribution is -2.22. The maximum absolute atomic E-state index is 13.1. The summed E-state index contributed by atoms with van der Waals surface area (Å²) in [6.07, 6.45) is 6.81. The average molecular weight is 427 g/mol. The molecule has 0 saturated carbocycles. The van der Waals surface area contributed by atoms with E-state index in [1.54, 1.807) is 0 Å². The normalized spacial score (nSPS) is 13.5. The van der Waals surface area contributed by atoms with Crippen LogP contribution in [0, 0.1) is 0 Å². The van der Waals surface area contributed by atoms with Crippen LogP contribution in [0.15, 0.2) is 60.9 Å². The van der Waals surface area contributed by atoms with Gasteiger partial charge in [-0.1, -0.05) is 42.5 Å². The molecule has 3 N–H and O–H groups in total. The lowest BCUT2D eigenvalue weighted by atomic mass is 10.1. The van der Waals surface area contributed by atoms with Gasteiger partial charge in [0.25, 0.3) is 5.91 Å². The molecule has 5 rings (SSSR count). The van der Waals surface area contributed by atoms with E-state index in [9.17, 15) is 4.79 Å². The number of benzene rings is 2. The minimum absolute atomic E-state index is 0.222. The maximum Gasteiger partial charge on any atom is 0.258 e. The van der Waals surface area contributed by atoms with Crippen LogP contribution in [0.1, 0.15) is 34.3 Å². The minimum Gasteiger partial charge on any atom is -0.366 e. The zero-order chi connectivity index (χ0) is 21.9. The molecule has 0 radical (unpaired) electrons. The Morgan fingerprint density at radius 2 is 1.94 bits per heavy atom. The van der Waals surface area contributed by atoms with Gasteiger partial charge in [-0.3, -0.25) is 10.1 Å². The molecule has 4 aromatic rings. The molecule has 32 heavy (non-hydrogen) atoms. The van der Waals surface area contributed by atoms with Crippen molar-refractivity contribution in [1.29, 1.82) is 0 Å². The fraction of sp³-hybridized carbons (Fsp3) is 0.240. The summed E-state index contributed by atoms with van der Waals surface area (Å²) in [5.74, 6) is 1.75. The van der Waals surface area contributed by atoms with Gasteiger partial charge in [0.1, 0.15) is 11.6 Å². The molecular weight excluding hydrogens is 400 g/mol. The fourth-order valence-corrected chi connectivity index (χ4v) is 4.21. The van der Waals surface area contributed by atoms with E-state index in [1.165, 1.54) is 5.56 Å². The highest BCUT2D eigenvalue weighted by atomic mass is 16.1. The quantitative estimate of drug-likeness (QED) is 0.434. The van der Waals surface area contributed by atoms with Crippen molar-refractivity contribution in [2.75, 3.05) is 29.1 Å². The van der Waals surface area contributed by atoms with Crippen LogP contribution < -0.4 is 15.5 Å². The zero-order valence-corrected chi connectivity index (χ0v) is 18.1. The number of amides is 1. The molecule has 0 atom stereocenters. The second-order valence-corrected chi connectivity index (χ2v) is 8.13. The van der Waals surface area contributed by atoms with Crippen molar-refractivity contribution in [1.82, 2.24) is 15.0 Å². The van der Waals surface area contributed by atoms with Crippen molar-refractivity contribution in [2.45, 2.75) is 25.8 Å². The Kier molecular flexibility index (Phi) is 5.46. The van der Waals surface area contributed by atoms with Crippen LogP contribution in [0.25, 0.3) is 10.8 Å². The maximum atomic E-state index is 13.1. The molecule has 3 heterocycles. The number of H-pyrrole nitrogens is 1. The van der Waals surface area contributed by atoms with Gasteiger partial charge in [-0.05, 0) is 36.3 Å². The summed E-state index contributed by atoms with van der Waals surface area (Å²) in [7, 11) is 2.05. The van der Waals surface area contributed by atoms with E-state index in [4.69, 9.17) is 9.97 Å². The molecule has 0 unspecified atom stereocenters. The van der Waals surface area contributed by atoms with Gasteiger partial charge in [0.2, 0.25) is 5.95 Å². The Morgan fingerprint density at radius 3 is 2.81 bits per heavy atom. The number of hydrogen-bond acceptors (Lipinski definition) is 5. The van der Waals surface area contributed by atoms with E-state index in [2.05, 4.69) is 32.7 Å². The number of nitrogens with zero attached hydrogens (tertiary/aromatic N) is 3. The van der Waals surface area contributed by atoms with Crippen molar-refractivity contribution < 1.29 is 4.79 Å². The molecule has 162 valence electrons. The number of fused-ring (bicyclic) bond motifs is 2. The van der Waals surface area contributed by atoms with Crippen LogP contribution in [-0.4, -0.2) is 34.5 Å². The largest absolute Gasteiger partial charge is 0.366 e. The van der Waals surface area contributed by atoms with E-state index in [0.717, 1.165) is 53.8 Å². The fourth-order valence-electron chi connectivity index (χ4n) is 4.21. The molecule has 0 aliphatic carbocycles. The van der Waals surface area contributed by atoms with E-state index in [0.29, 0.717) is 18.1 Å². The van der Waals surface area contributed by atoms with Crippen LogP contribution in [0.5, 0.6) is 0 Å². The lowest BCUT2D eigenvalue weighted by Gasteiger charge is -2.21. The highest BCUT2D eigenvalue weighted by molar-refractivity contribution is 6.12. The third-order valence-corrected chi connectivity index (χ3v) is 5.90.